The third-order valence-electron chi connectivity index (χ3n) is 5.45. The maximum Gasteiger partial charge on any atom is 0.411 e. The number of likely N-dealkylation sites (tertiary alicyclic amines) is 1. The molecule has 2 fully saturated rings. The van der Waals surface area contributed by atoms with E-state index in [4.69, 9.17) is 9.47 Å². The molecule has 2 aliphatic rings. The van der Waals surface area contributed by atoms with Crippen LogP contribution in [0.25, 0.3) is 10.8 Å². The maximum absolute atomic E-state index is 12.6. The van der Waals surface area contributed by atoms with Gasteiger partial charge in [-0.1, -0.05) is 34.1 Å². The van der Waals surface area contributed by atoms with Crippen molar-refractivity contribution in [2.75, 3.05) is 6.61 Å². The molecule has 1 unspecified atom stereocenters. The quantitative estimate of drug-likeness (QED) is 0.474. The first-order valence-electron chi connectivity index (χ1n) is 10.0. The topological polar surface area (TPSA) is 72.9 Å². The summed E-state index contributed by atoms with van der Waals surface area (Å²) in [6.45, 7) is 5.02. The zero-order valence-corrected chi connectivity index (χ0v) is 18.8. The van der Waals surface area contributed by atoms with Crippen molar-refractivity contribution >= 4 is 44.5 Å². The number of hydrogen-bond acceptors (Lipinski definition) is 5. The van der Waals surface area contributed by atoms with E-state index in [9.17, 15) is 14.4 Å². The number of rotatable bonds is 4. The van der Waals surface area contributed by atoms with Crippen molar-refractivity contribution in [3.63, 3.8) is 0 Å². The number of ether oxygens (including phenoxy) is 2. The molecule has 1 amide bonds. The normalized spacial score (nSPS) is 22.5. The van der Waals surface area contributed by atoms with Crippen molar-refractivity contribution in [2.24, 2.45) is 5.92 Å². The summed E-state index contributed by atoms with van der Waals surface area (Å²) in [5.41, 5.74) is -0.156. The number of nitrogens with zero attached hydrogens (tertiary/aromatic N) is 1. The van der Waals surface area contributed by atoms with Crippen LogP contribution in [0.2, 0.25) is 0 Å². The molecule has 0 spiro atoms. The molecule has 1 saturated heterocycles. The van der Waals surface area contributed by atoms with Gasteiger partial charge >= 0.3 is 12.1 Å². The van der Waals surface area contributed by atoms with Crippen LogP contribution in [0.4, 0.5) is 4.79 Å². The second-order valence-corrected chi connectivity index (χ2v) is 9.86. The van der Waals surface area contributed by atoms with E-state index in [1.807, 2.05) is 24.3 Å². The molecule has 7 heteroatoms. The molecule has 1 saturated carbocycles. The summed E-state index contributed by atoms with van der Waals surface area (Å²) >= 11 is 3.43. The van der Waals surface area contributed by atoms with Crippen molar-refractivity contribution in [1.29, 1.82) is 0 Å². The average Bonchev–Trinajstić information content (AvgIpc) is 3.33. The Labute approximate surface area is 183 Å². The van der Waals surface area contributed by atoms with Crippen molar-refractivity contribution in [2.45, 2.75) is 51.3 Å². The third kappa shape index (κ3) is 4.36. The SMILES string of the molecule is CC(C)(C)OC(=O)N1[C@@H]2CC2C[C@H]1C(=O)OCC(=O)c1ccc2cc(Br)ccc2c1. The number of Topliss-reactive ketones (excluding diaryl/α,β-unsaturated/α-hetero) is 1. The number of carbonyl (C=O) groups is 3. The minimum Gasteiger partial charge on any atom is -0.456 e. The van der Waals surface area contributed by atoms with Crippen LogP contribution in [0, 0.1) is 5.92 Å². The van der Waals surface area contributed by atoms with E-state index in [0.29, 0.717) is 17.9 Å². The van der Waals surface area contributed by atoms with Crippen molar-refractivity contribution in [3.8, 4) is 0 Å². The summed E-state index contributed by atoms with van der Waals surface area (Å²) < 4.78 is 11.7. The van der Waals surface area contributed by atoms with Gasteiger partial charge in [0.05, 0.1) is 0 Å². The number of carbonyl (C=O) groups excluding carboxylic acids is 3. The molecule has 0 N–H and O–H groups in total. The minimum absolute atomic E-state index is 0.0351. The Hall–Kier alpha value is -2.41. The lowest BCUT2D eigenvalue weighted by molar-refractivity contribution is -0.148. The average molecular weight is 474 g/mol. The largest absolute Gasteiger partial charge is 0.456 e. The van der Waals surface area contributed by atoms with Gasteiger partial charge in [0.2, 0.25) is 0 Å². The highest BCUT2D eigenvalue weighted by atomic mass is 79.9. The number of benzene rings is 2. The number of hydrogen-bond donors (Lipinski definition) is 0. The Morgan fingerprint density at radius 3 is 2.50 bits per heavy atom. The number of halogens is 1. The number of esters is 1. The van der Waals surface area contributed by atoms with Gasteiger partial charge in [-0.25, -0.2) is 9.59 Å². The highest BCUT2D eigenvalue weighted by Crippen LogP contribution is 2.48. The predicted molar refractivity (Wildman–Crippen MR) is 115 cm³/mol. The van der Waals surface area contributed by atoms with E-state index in [-0.39, 0.29) is 18.4 Å². The van der Waals surface area contributed by atoms with Gasteiger partial charge in [0.1, 0.15) is 11.6 Å². The number of ketones is 1. The molecule has 2 aromatic carbocycles. The Balaban J connectivity index is 1.39. The van der Waals surface area contributed by atoms with Crippen molar-refractivity contribution < 1.29 is 23.9 Å². The predicted octanol–water partition coefficient (Wildman–Crippen LogP) is 4.73. The van der Waals surface area contributed by atoms with Crippen LogP contribution in [0.15, 0.2) is 40.9 Å². The minimum atomic E-state index is -0.689. The third-order valence-corrected chi connectivity index (χ3v) is 5.94. The Morgan fingerprint density at radius 2 is 1.77 bits per heavy atom. The molecule has 1 aliphatic heterocycles. The second kappa shape index (κ2) is 7.69. The van der Waals surface area contributed by atoms with Gasteiger partial charge < -0.3 is 9.47 Å². The van der Waals surface area contributed by atoms with Gasteiger partial charge in [0, 0.05) is 16.1 Å². The summed E-state index contributed by atoms with van der Waals surface area (Å²) in [6, 6.07) is 10.5. The molecular weight excluding hydrogens is 450 g/mol. The van der Waals surface area contributed by atoms with Gasteiger partial charge in [-0.05, 0) is 68.5 Å². The van der Waals surface area contributed by atoms with Crippen LogP contribution in [0.5, 0.6) is 0 Å². The summed E-state index contributed by atoms with van der Waals surface area (Å²) in [5.74, 6) is -0.517. The Kier molecular flexibility index (Phi) is 5.34. The number of fused-ring (bicyclic) bond motifs is 2. The van der Waals surface area contributed by atoms with Crippen LogP contribution in [0.3, 0.4) is 0 Å². The lowest BCUT2D eigenvalue weighted by atomic mass is 10.0. The first kappa shape index (κ1) is 20.8. The monoisotopic (exact) mass is 473 g/mol. The van der Waals surface area contributed by atoms with Crippen LogP contribution in [-0.2, 0) is 14.3 Å². The molecule has 0 radical (unpaired) electrons. The number of amides is 1. The van der Waals surface area contributed by atoms with E-state index in [1.54, 1.807) is 32.9 Å². The molecule has 4 rings (SSSR count). The molecule has 6 nitrogen and oxygen atoms in total. The Bertz CT molecular complexity index is 1030. The lowest BCUT2D eigenvalue weighted by Crippen LogP contribution is -2.46. The number of piperidine rings is 1. The first-order chi connectivity index (χ1) is 14.1. The summed E-state index contributed by atoms with van der Waals surface area (Å²) in [6.07, 6.45) is 0.943. The highest BCUT2D eigenvalue weighted by Gasteiger charge is 2.57. The molecule has 30 heavy (non-hydrogen) atoms. The Morgan fingerprint density at radius 1 is 1.07 bits per heavy atom. The molecule has 1 heterocycles. The van der Waals surface area contributed by atoms with Crippen LogP contribution in [-0.4, -0.2) is 47.0 Å². The van der Waals surface area contributed by atoms with E-state index < -0.39 is 23.7 Å². The van der Waals surface area contributed by atoms with Crippen molar-refractivity contribution in [3.05, 3.63) is 46.4 Å². The standard InChI is InChI=1S/C23H24BrNO5/c1-23(2,3)30-22(28)25-18-10-16(18)11-19(25)21(27)29-12-20(26)15-5-4-14-9-17(24)7-6-13(14)8-15/h4-9,16,18-19H,10-12H2,1-3H3/t16?,18-,19+/m1/s1. The molecular formula is C23H24BrNO5. The first-order valence-corrected chi connectivity index (χ1v) is 10.8. The van der Waals surface area contributed by atoms with Gasteiger partial charge in [-0.3, -0.25) is 9.69 Å². The summed E-state index contributed by atoms with van der Waals surface area (Å²) in [4.78, 5) is 39.3. The zero-order valence-electron chi connectivity index (χ0n) is 17.2. The lowest BCUT2D eigenvalue weighted by Gasteiger charge is -2.29. The van der Waals surface area contributed by atoms with E-state index >= 15 is 0 Å². The fourth-order valence-corrected chi connectivity index (χ4v) is 4.33. The second-order valence-electron chi connectivity index (χ2n) is 8.94. The van der Waals surface area contributed by atoms with Gasteiger partial charge in [-0.2, -0.15) is 0 Å². The maximum atomic E-state index is 12.6. The molecule has 1 aliphatic carbocycles. The molecule has 0 aromatic heterocycles. The van der Waals surface area contributed by atoms with E-state index in [2.05, 4.69) is 15.9 Å². The highest BCUT2D eigenvalue weighted by molar-refractivity contribution is 9.10. The van der Waals surface area contributed by atoms with Gasteiger partial charge in [0.15, 0.2) is 12.4 Å². The molecule has 2 aromatic rings. The van der Waals surface area contributed by atoms with Crippen LogP contribution >= 0.6 is 15.9 Å². The molecule has 3 atom stereocenters. The zero-order chi connectivity index (χ0) is 21.6. The van der Waals surface area contributed by atoms with Gasteiger partial charge in [-0.15, -0.1) is 0 Å². The molecule has 158 valence electrons. The fourth-order valence-electron chi connectivity index (χ4n) is 3.95. The smallest absolute Gasteiger partial charge is 0.411 e. The van der Waals surface area contributed by atoms with Gasteiger partial charge in [0.25, 0.3) is 0 Å². The van der Waals surface area contributed by atoms with E-state index in [0.717, 1.165) is 21.7 Å². The fraction of sp³-hybridized carbons (Fsp3) is 0.435. The van der Waals surface area contributed by atoms with Crippen LogP contribution in [0.1, 0.15) is 44.0 Å². The van der Waals surface area contributed by atoms with Crippen LogP contribution < -0.4 is 0 Å². The summed E-state index contributed by atoms with van der Waals surface area (Å²) in [5, 5.41) is 1.94. The van der Waals surface area contributed by atoms with Crippen molar-refractivity contribution in [1.82, 2.24) is 4.90 Å². The molecule has 0 bridgehead atoms. The van der Waals surface area contributed by atoms with E-state index in [1.165, 1.54) is 4.90 Å². The summed E-state index contributed by atoms with van der Waals surface area (Å²) in [7, 11) is 0.